The first-order valence-electron chi connectivity index (χ1n) is 7.57. The van der Waals surface area contributed by atoms with Gasteiger partial charge in [-0.3, -0.25) is 0 Å². The summed E-state index contributed by atoms with van der Waals surface area (Å²) >= 11 is 0. The standard InChI is InChI=1S/C17H25NO/c1-16(2,18)11-12-17-10-6-5-8-14(17)13-7-3-4-9-15(13)19-17/h3-4,7,9,14H,5-6,8,10-12,18H2,1-2H3. The molecule has 1 heterocycles. The zero-order chi connectivity index (χ0) is 13.5. The molecule has 1 aliphatic carbocycles. The zero-order valence-electron chi connectivity index (χ0n) is 12.1. The Morgan fingerprint density at radius 2 is 2.11 bits per heavy atom. The molecule has 0 radical (unpaired) electrons. The molecule has 1 aromatic rings. The van der Waals surface area contributed by atoms with E-state index in [1.165, 1.54) is 31.2 Å². The minimum Gasteiger partial charge on any atom is -0.486 e. The van der Waals surface area contributed by atoms with Gasteiger partial charge in [-0.25, -0.2) is 0 Å². The predicted octanol–water partition coefficient (Wildman–Crippen LogP) is 3.99. The summed E-state index contributed by atoms with van der Waals surface area (Å²) in [6.45, 7) is 4.23. The molecule has 2 atom stereocenters. The number of hydrogen-bond acceptors (Lipinski definition) is 2. The minimum absolute atomic E-state index is 0.0264. The van der Waals surface area contributed by atoms with Crippen molar-refractivity contribution in [1.29, 1.82) is 0 Å². The topological polar surface area (TPSA) is 35.2 Å². The lowest BCUT2D eigenvalue weighted by Crippen LogP contribution is -2.43. The van der Waals surface area contributed by atoms with Crippen LogP contribution in [0.2, 0.25) is 0 Å². The minimum atomic E-state index is -0.102. The molecule has 2 aliphatic rings. The van der Waals surface area contributed by atoms with E-state index in [-0.39, 0.29) is 11.1 Å². The van der Waals surface area contributed by atoms with E-state index in [0.717, 1.165) is 18.6 Å². The lowest BCUT2D eigenvalue weighted by Gasteiger charge is -2.40. The van der Waals surface area contributed by atoms with Crippen LogP contribution in [-0.4, -0.2) is 11.1 Å². The Bertz CT molecular complexity index is 463. The number of para-hydroxylation sites is 1. The van der Waals surface area contributed by atoms with E-state index >= 15 is 0 Å². The number of rotatable bonds is 3. The van der Waals surface area contributed by atoms with Gasteiger partial charge < -0.3 is 10.5 Å². The summed E-state index contributed by atoms with van der Waals surface area (Å²) in [5.41, 5.74) is 7.53. The summed E-state index contributed by atoms with van der Waals surface area (Å²) < 4.78 is 6.44. The van der Waals surface area contributed by atoms with Gasteiger partial charge in [0.05, 0.1) is 0 Å². The summed E-state index contributed by atoms with van der Waals surface area (Å²) in [5.74, 6) is 1.70. The second-order valence-corrected chi connectivity index (χ2v) is 6.99. The van der Waals surface area contributed by atoms with E-state index in [1.807, 2.05) is 0 Å². The van der Waals surface area contributed by atoms with Crippen molar-refractivity contribution in [3.63, 3.8) is 0 Å². The highest BCUT2D eigenvalue weighted by Gasteiger charge is 2.49. The highest BCUT2D eigenvalue weighted by Crippen LogP contribution is 2.54. The molecule has 0 saturated heterocycles. The van der Waals surface area contributed by atoms with Crippen LogP contribution in [0.1, 0.15) is 63.9 Å². The van der Waals surface area contributed by atoms with Crippen LogP contribution in [0.25, 0.3) is 0 Å². The number of fused-ring (bicyclic) bond motifs is 3. The normalized spacial score (nSPS) is 29.5. The van der Waals surface area contributed by atoms with E-state index < -0.39 is 0 Å². The number of nitrogens with two attached hydrogens (primary N) is 1. The molecule has 1 aliphatic heterocycles. The highest BCUT2D eigenvalue weighted by atomic mass is 16.5. The second-order valence-electron chi connectivity index (χ2n) is 6.99. The average Bonchev–Trinajstić information content (AvgIpc) is 2.70. The summed E-state index contributed by atoms with van der Waals surface area (Å²) in [6.07, 6.45) is 7.17. The number of benzene rings is 1. The third-order valence-corrected chi connectivity index (χ3v) is 4.78. The monoisotopic (exact) mass is 259 g/mol. The first-order chi connectivity index (χ1) is 9.00. The van der Waals surface area contributed by atoms with Crippen molar-refractivity contribution in [2.45, 2.75) is 69.4 Å². The lowest BCUT2D eigenvalue weighted by molar-refractivity contribution is 0.0210. The molecule has 0 amide bonds. The summed E-state index contributed by atoms with van der Waals surface area (Å²) in [7, 11) is 0. The Balaban J connectivity index is 1.87. The smallest absolute Gasteiger partial charge is 0.123 e. The first-order valence-corrected chi connectivity index (χ1v) is 7.57. The van der Waals surface area contributed by atoms with E-state index in [2.05, 4.69) is 38.1 Å². The van der Waals surface area contributed by atoms with Crippen LogP contribution < -0.4 is 10.5 Å². The molecule has 3 rings (SSSR count). The van der Waals surface area contributed by atoms with Crippen LogP contribution in [0.4, 0.5) is 0 Å². The van der Waals surface area contributed by atoms with Crippen molar-refractivity contribution in [3.8, 4) is 5.75 Å². The number of hydrogen-bond donors (Lipinski definition) is 1. The third kappa shape index (κ3) is 2.38. The van der Waals surface area contributed by atoms with Gasteiger partial charge in [-0.05, 0) is 52.0 Å². The largest absolute Gasteiger partial charge is 0.486 e. The molecular weight excluding hydrogens is 234 g/mol. The van der Waals surface area contributed by atoms with Crippen LogP contribution >= 0.6 is 0 Å². The Hall–Kier alpha value is -1.02. The maximum absolute atomic E-state index is 6.44. The molecule has 104 valence electrons. The van der Waals surface area contributed by atoms with Gasteiger partial charge in [-0.15, -0.1) is 0 Å². The van der Waals surface area contributed by atoms with Crippen LogP contribution in [0, 0.1) is 0 Å². The van der Waals surface area contributed by atoms with Crippen molar-refractivity contribution in [1.82, 2.24) is 0 Å². The molecule has 1 aromatic carbocycles. The van der Waals surface area contributed by atoms with Gasteiger partial charge in [0.1, 0.15) is 11.4 Å². The maximum atomic E-state index is 6.44. The van der Waals surface area contributed by atoms with Crippen molar-refractivity contribution in [2.24, 2.45) is 5.73 Å². The van der Waals surface area contributed by atoms with Gasteiger partial charge in [0, 0.05) is 17.0 Å². The molecular formula is C17H25NO. The Kier molecular flexibility index (Phi) is 3.09. The fourth-order valence-electron chi connectivity index (χ4n) is 3.74. The van der Waals surface area contributed by atoms with Crippen LogP contribution in [0.3, 0.4) is 0 Å². The quantitative estimate of drug-likeness (QED) is 0.890. The van der Waals surface area contributed by atoms with Gasteiger partial charge in [0.15, 0.2) is 0 Å². The molecule has 2 unspecified atom stereocenters. The van der Waals surface area contributed by atoms with Crippen molar-refractivity contribution in [2.75, 3.05) is 0 Å². The average molecular weight is 259 g/mol. The van der Waals surface area contributed by atoms with Crippen LogP contribution in [-0.2, 0) is 0 Å². The summed E-state index contributed by atoms with van der Waals surface area (Å²) in [6, 6.07) is 8.60. The highest BCUT2D eigenvalue weighted by molar-refractivity contribution is 5.43. The van der Waals surface area contributed by atoms with Gasteiger partial charge in [0.2, 0.25) is 0 Å². The fraction of sp³-hybridized carbons (Fsp3) is 0.647. The van der Waals surface area contributed by atoms with Crippen LogP contribution in [0.15, 0.2) is 24.3 Å². The van der Waals surface area contributed by atoms with Gasteiger partial charge in [-0.2, -0.15) is 0 Å². The van der Waals surface area contributed by atoms with Gasteiger partial charge in [-0.1, -0.05) is 24.6 Å². The Morgan fingerprint density at radius 3 is 2.89 bits per heavy atom. The molecule has 2 nitrogen and oxygen atoms in total. The predicted molar refractivity (Wildman–Crippen MR) is 78.5 cm³/mol. The Labute approximate surface area is 116 Å². The first kappa shape index (κ1) is 13.0. The third-order valence-electron chi connectivity index (χ3n) is 4.78. The molecule has 0 bridgehead atoms. The van der Waals surface area contributed by atoms with Crippen molar-refractivity contribution >= 4 is 0 Å². The molecule has 2 heteroatoms. The molecule has 0 aromatic heterocycles. The summed E-state index contributed by atoms with van der Waals surface area (Å²) in [4.78, 5) is 0. The molecule has 2 N–H and O–H groups in total. The van der Waals surface area contributed by atoms with Gasteiger partial charge in [0.25, 0.3) is 0 Å². The lowest BCUT2D eigenvalue weighted by atomic mass is 9.70. The molecule has 1 saturated carbocycles. The van der Waals surface area contributed by atoms with E-state index in [4.69, 9.17) is 10.5 Å². The molecule has 0 spiro atoms. The zero-order valence-corrected chi connectivity index (χ0v) is 12.1. The molecule has 1 fully saturated rings. The Morgan fingerprint density at radius 1 is 1.32 bits per heavy atom. The van der Waals surface area contributed by atoms with Crippen LogP contribution in [0.5, 0.6) is 5.75 Å². The van der Waals surface area contributed by atoms with E-state index in [0.29, 0.717) is 5.92 Å². The molecule has 19 heavy (non-hydrogen) atoms. The van der Waals surface area contributed by atoms with Gasteiger partial charge >= 0.3 is 0 Å². The summed E-state index contributed by atoms with van der Waals surface area (Å²) in [5, 5.41) is 0. The van der Waals surface area contributed by atoms with E-state index in [1.54, 1.807) is 0 Å². The fourth-order valence-corrected chi connectivity index (χ4v) is 3.74. The second kappa shape index (κ2) is 4.52. The van der Waals surface area contributed by atoms with Crippen molar-refractivity contribution < 1.29 is 4.74 Å². The van der Waals surface area contributed by atoms with Crippen molar-refractivity contribution in [3.05, 3.63) is 29.8 Å². The maximum Gasteiger partial charge on any atom is 0.123 e. The SMILES string of the molecule is CC(C)(N)CCC12CCCCC1c1ccccc1O2. The number of ether oxygens (including phenoxy) is 1. The van der Waals surface area contributed by atoms with E-state index in [9.17, 15) is 0 Å².